The van der Waals surface area contributed by atoms with Crippen LogP contribution in [-0.4, -0.2) is 59.5 Å². The highest BCUT2D eigenvalue weighted by molar-refractivity contribution is 5.93. The first-order valence-electron chi connectivity index (χ1n) is 9.83. The molecule has 144 valence electrons. The summed E-state index contributed by atoms with van der Waals surface area (Å²) < 4.78 is 0. The van der Waals surface area contributed by atoms with Crippen molar-refractivity contribution in [1.82, 2.24) is 20.2 Å². The highest BCUT2D eigenvalue weighted by Crippen LogP contribution is 2.21. The first-order valence-corrected chi connectivity index (χ1v) is 9.83. The molecule has 1 atom stereocenters. The van der Waals surface area contributed by atoms with Crippen molar-refractivity contribution >= 4 is 11.7 Å². The fraction of sp³-hybridized carbons (Fsp3) is 0.476. The Bertz CT molecular complexity index is 756. The number of carbonyl (C=O) groups is 1. The van der Waals surface area contributed by atoms with Crippen molar-refractivity contribution in [3.8, 4) is 11.4 Å². The van der Waals surface area contributed by atoms with E-state index in [1.54, 1.807) is 0 Å². The predicted octanol–water partition coefficient (Wildman–Crippen LogP) is 2.81. The number of hydrogen-bond acceptors (Lipinski definition) is 5. The van der Waals surface area contributed by atoms with E-state index in [0.717, 1.165) is 50.5 Å². The van der Waals surface area contributed by atoms with Gasteiger partial charge in [0.2, 0.25) is 0 Å². The van der Waals surface area contributed by atoms with Crippen molar-refractivity contribution in [3.05, 3.63) is 42.1 Å². The Balaban J connectivity index is 1.92. The lowest BCUT2D eigenvalue weighted by atomic mass is 10.2. The average molecular weight is 367 g/mol. The molecule has 0 aliphatic carbocycles. The van der Waals surface area contributed by atoms with Gasteiger partial charge in [0, 0.05) is 43.9 Å². The number of aromatic nitrogens is 2. The Morgan fingerprint density at radius 2 is 1.81 bits per heavy atom. The fourth-order valence-electron chi connectivity index (χ4n) is 3.12. The molecule has 6 nitrogen and oxygen atoms in total. The van der Waals surface area contributed by atoms with Gasteiger partial charge in [-0.15, -0.1) is 0 Å². The van der Waals surface area contributed by atoms with Gasteiger partial charge in [0.15, 0.2) is 5.82 Å². The average Bonchev–Trinajstić information content (AvgIpc) is 2.74. The third-order valence-corrected chi connectivity index (χ3v) is 5.11. The highest BCUT2D eigenvalue weighted by atomic mass is 16.1. The van der Waals surface area contributed by atoms with Crippen LogP contribution in [0.1, 0.15) is 37.7 Å². The molecule has 0 radical (unpaired) electrons. The van der Waals surface area contributed by atoms with E-state index < -0.39 is 0 Å². The maximum Gasteiger partial charge on any atom is 0.270 e. The van der Waals surface area contributed by atoms with E-state index in [-0.39, 0.29) is 11.9 Å². The van der Waals surface area contributed by atoms with Gasteiger partial charge in [0.05, 0.1) is 0 Å². The van der Waals surface area contributed by atoms with Crippen LogP contribution in [0.4, 0.5) is 5.82 Å². The van der Waals surface area contributed by atoms with Crippen LogP contribution in [0.3, 0.4) is 0 Å². The third kappa shape index (κ3) is 4.83. The number of piperazine rings is 1. The van der Waals surface area contributed by atoms with E-state index >= 15 is 0 Å². The zero-order chi connectivity index (χ0) is 19.2. The molecular formula is C21H29N5O. The minimum Gasteiger partial charge on any atom is -0.354 e. The molecule has 1 aliphatic rings. The summed E-state index contributed by atoms with van der Waals surface area (Å²) in [4.78, 5) is 26.7. The van der Waals surface area contributed by atoms with E-state index in [9.17, 15) is 4.79 Å². The smallest absolute Gasteiger partial charge is 0.270 e. The molecule has 1 N–H and O–H groups in total. The first kappa shape index (κ1) is 19.3. The largest absolute Gasteiger partial charge is 0.354 e. The summed E-state index contributed by atoms with van der Waals surface area (Å²) in [6.45, 7) is 11.1. The zero-order valence-electron chi connectivity index (χ0n) is 16.5. The molecule has 0 saturated carbocycles. The van der Waals surface area contributed by atoms with Crippen LogP contribution in [0, 0.1) is 0 Å². The lowest BCUT2D eigenvalue weighted by Crippen LogP contribution is -2.46. The van der Waals surface area contributed by atoms with E-state index in [0.29, 0.717) is 11.5 Å². The van der Waals surface area contributed by atoms with Crippen molar-refractivity contribution in [1.29, 1.82) is 0 Å². The van der Waals surface area contributed by atoms with Crippen LogP contribution in [0.25, 0.3) is 11.4 Å². The third-order valence-electron chi connectivity index (χ3n) is 5.11. The standard InChI is InChI=1S/C21H29N5O/c1-4-16(3)22-21(27)18-15-19(26-13-11-25(5-2)12-14-26)24-20(23-18)17-9-7-6-8-10-17/h6-10,15-16H,4-5,11-14H2,1-3H3,(H,22,27). The Labute approximate surface area is 161 Å². The van der Waals surface area contributed by atoms with E-state index in [1.165, 1.54) is 0 Å². The highest BCUT2D eigenvalue weighted by Gasteiger charge is 2.21. The van der Waals surface area contributed by atoms with Crippen molar-refractivity contribution in [2.24, 2.45) is 0 Å². The normalized spacial score (nSPS) is 16.2. The van der Waals surface area contributed by atoms with Gasteiger partial charge in [-0.2, -0.15) is 0 Å². The number of rotatable bonds is 6. The van der Waals surface area contributed by atoms with Crippen LogP contribution in [0.5, 0.6) is 0 Å². The van der Waals surface area contributed by atoms with E-state index in [1.807, 2.05) is 43.3 Å². The van der Waals surface area contributed by atoms with Crippen LogP contribution in [0.2, 0.25) is 0 Å². The second kappa shape index (κ2) is 8.95. The van der Waals surface area contributed by atoms with Gasteiger partial charge in [0.25, 0.3) is 5.91 Å². The molecule has 1 fully saturated rings. The second-order valence-electron chi connectivity index (χ2n) is 7.01. The van der Waals surface area contributed by atoms with Gasteiger partial charge in [-0.1, -0.05) is 44.2 Å². The molecule has 6 heteroatoms. The van der Waals surface area contributed by atoms with E-state index in [2.05, 4.69) is 33.9 Å². The Hall–Kier alpha value is -2.47. The molecule has 27 heavy (non-hydrogen) atoms. The maximum atomic E-state index is 12.7. The van der Waals surface area contributed by atoms with Crippen LogP contribution in [0.15, 0.2) is 36.4 Å². The monoisotopic (exact) mass is 367 g/mol. The van der Waals surface area contributed by atoms with Crippen LogP contribution < -0.4 is 10.2 Å². The van der Waals surface area contributed by atoms with E-state index in [4.69, 9.17) is 4.98 Å². The fourth-order valence-corrected chi connectivity index (χ4v) is 3.12. The number of likely N-dealkylation sites (N-methyl/N-ethyl adjacent to an activating group) is 1. The Morgan fingerprint density at radius 1 is 1.11 bits per heavy atom. The number of nitrogens with one attached hydrogen (secondary N) is 1. The Kier molecular flexibility index (Phi) is 6.40. The summed E-state index contributed by atoms with van der Waals surface area (Å²) in [5, 5.41) is 3.01. The molecule has 0 bridgehead atoms. The molecule has 3 rings (SSSR count). The summed E-state index contributed by atoms with van der Waals surface area (Å²) in [5.41, 5.74) is 1.35. The summed E-state index contributed by atoms with van der Waals surface area (Å²) in [6.07, 6.45) is 0.883. The predicted molar refractivity (Wildman–Crippen MR) is 109 cm³/mol. The van der Waals surface area contributed by atoms with Gasteiger partial charge < -0.3 is 15.1 Å². The molecule has 1 aromatic heterocycles. The summed E-state index contributed by atoms with van der Waals surface area (Å²) in [6, 6.07) is 11.8. The number of nitrogens with zero attached hydrogens (tertiary/aromatic N) is 4. The lowest BCUT2D eigenvalue weighted by Gasteiger charge is -2.35. The quantitative estimate of drug-likeness (QED) is 0.851. The number of anilines is 1. The number of carbonyl (C=O) groups excluding carboxylic acids is 1. The van der Waals surface area contributed by atoms with Crippen molar-refractivity contribution in [2.45, 2.75) is 33.2 Å². The van der Waals surface area contributed by atoms with Crippen LogP contribution >= 0.6 is 0 Å². The Morgan fingerprint density at radius 3 is 2.44 bits per heavy atom. The lowest BCUT2D eigenvalue weighted by molar-refractivity contribution is 0.0934. The van der Waals surface area contributed by atoms with Gasteiger partial charge >= 0.3 is 0 Å². The molecule has 0 spiro atoms. The second-order valence-corrected chi connectivity index (χ2v) is 7.01. The molecule has 1 aliphatic heterocycles. The van der Waals surface area contributed by atoms with Gasteiger partial charge in [-0.25, -0.2) is 9.97 Å². The molecule has 2 aromatic rings. The SMILES string of the molecule is CCC(C)NC(=O)c1cc(N2CCN(CC)CC2)nc(-c2ccccc2)n1. The van der Waals surface area contributed by atoms with Gasteiger partial charge in [0.1, 0.15) is 11.5 Å². The molecular weight excluding hydrogens is 338 g/mol. The summed E-state index contributed by atoms with van der Waals surface area (Å²) in [5.74, 6) is 1.28. The van der Waals surface area contributed by atoms with Crippen molar-refractivity contribution < 1.29 is 4.79 Å². The molecule has 1 aromatic carbocycles. The minimum absolute atomic E-state index is 0.115. The zero-order valence-corrected chi connectivity index (χ0v) is 16.5. The van der Waals surface area contributed by atoms with Crippen molar-refractivity contribution in [3.63, 3.8) is 0 Å². The van der Waals surface area contributed by atoms with Crippen molar-refractivity contribution in [2.75, 3.05) is 37.6 Å². The number of benzene rings is 1. The topological polar surface area (TPSA) is 61.4 Å². The first-order chi connectivity index (χ1) is 13.1. The number of hydrogen-bond donors (Lipinski definition) is 1. The summed E-state index contributed by atoms with van der Waals surface area (Å²) >= 11 is 0. The molecule has 1 saturated heterocycles. The molecule has 1 amide bonds. The molecule has 2 heterocycles. The maximum absolute atomic E-state index is 12.7. The molecule has 1 unspecified atom stereocenters. The van der Waals surface area contributed by atoms with Gasteiger partial charge in [-0.3, -0.25) is 4.79 Å². The summed E-state index contributed by atoms with van der Waals surface area (Å²) in [7, 11) is 0. The van der Waals surface area contributed by atoms with Gasteiger partial charge in [-0.05, 0) is 19.9 Å². The minimum atomic E-state index is -0.141. The number of amides is 1. The van der Waals surface area contributed by atoms with Crippen LogP contribution in [-0.2, 0) is 0 Å².